The number of ether oxygens (including phenoxy) is 2. The van der Waals surface area contributed by atoms with Gasteiger partial charge in [0.15, 0.2) is 5.82 Å². The van der Waals surface area contributed by atoms with Crippen LogP contribution in [-0.2, 0) is 15.7 Å². The maximum Gasteiger partial charge on any atom is 0.416 e. The first kappa shape index (κ1) is 20.8. The van der Waals surface area contributed by atoms with Crippen LogP contribution in [0.2, 0.25) is 0 Å². The predicted octanol–water partition coefficient (Wildman–Crippen LogP) is 4.31. The molecule has 29 heavy (non-hydrogen) atoms. The summed E-state index contributed by atoms with van der Waals surface area (Å²) < 4.78 is 52.0. The molecule has 0 aliphatic carbocycles. The average molecular weight is 407 g/mol. The lowest BCUT2D eigenvalue weighted by molar-refractivity contribution is -0.144. The minimum absolute atomic E-state index is 0.0886. The predicted molar refractivity (Wildman–Crippen MR) is 99.4 cm³/mol. The Bertz CT molecular complexity index is 957. The molecular formula is C20H20F3N3O3. The lowest BCUT2D eigenvalue weighted by Crippen LogP contribution is -2.34. The highest BCUT2D eigenvalue weighted by atomic mass is 19.4. The molecule has 2 heterocycles. The van der Waals surface area contributed by atoms with Gasteiger partial charge in [-0.05, 0) is 32.4 Å². The molecule has 0 saturated carbocycles. The number of alkyl halides is 3. The number of fused-ring (bicyclic) bond motifs is 1. The van der Waals surface area contributed by atoms with Gasteiger partial charge in [-0.2, -0.15) is 13.2 Å². The van der Waals surface area contributed by atoms with Gasteiger partial charge in [0.05, 0.1) is 24.3 Å². The third-order valence-electron chi connectivity index (χ3n) is 4.61. The van der Waals surface area contributed by atoms with E-state index in [1.807, 2.05) is 0 Å². The Morgan fingerprint density at radius 1 is 1.17 bits per heavy atom. The first-order chi connectivity index (χ1) is 13.6. The number of methoxy groups -OCH3 is 1. The highest BCUT2D eigenvalue weighted by molar-refractivity contribution is 6.05. The molecular weight excluding hydrogens is 387 g/mol. The Labute approximate surface area is 165 Å². The smallest absolute Gasteiger partial charge is 0.416 e. The highest BCUT2D eigenvalue weighted by Crippen LogP contribution is 2.48. The van der Waals surface area contributed by atoms with Crippen LogP contribution in [-0.4, -0.2) is 34.9 Å². The second kappa shape index (κ2) is 7.81. The van der Waals surface area contributed by atoms with E-state index >= 15 is 0 Å². The van der Waals surface area contributed by atoms with Gasteiger partial charge in [0.25, 0.3) is 0 Å². The Balaban J connectivity index is 2.34. The van der Waals surface area contributed by atoms with Crippen LogP contribution >= 0.6 is 0 Å². The number of rotatable bonds is 4. The van der Waals surface area contributed by atoms with Crippen LogP contribution in [0.1, 0.15) is 43.4 Å². The Hall–Kier alpha value is -2.97. The topological polar surface area (TPSA) is 73.7 Å². The van der Waals surface area contributed by atoms with Crippen molar-refractivity contribution in [3.63, 3.8) is 0 Å². The van der Waals surface area contributed by atoms with Gasteiger partial charge in [0.2, 0.25) is 5.88 Å². The second-order valence-electron chi connectivity index (χ2n) is 6.90. The number of benzene rings is 1. The molecule has 0 N–H and O–H groups in total. The molecule has 0 spiro atoms. The Morgan fingerprint density at radius 2 is 1.86 bits per heavy atom. The largest absolute Gasteiger partial charge is 0.475 e. The molecule has 2 aromatic rings. The molecule has 2 unspecified atom stereocenters. The fourth-order valence-corrected chi connectivity index (χ4v) is 3.49. The van der Waals surface area contributed by atoms with E-state index in [0.717, 1.165) is 6.07 Å². The van der Waals surface area contributed by atoms with Gasteiger partial charge in [0.1, 0.15) is 12.2 Å². The number of hydrogen-bond donors (Lipinski definition) is 0. The van der Waals surface area contributed by atoms with Gasteiger partial charge in [-0.3, -0.25) is 4.79 Å². The molecule has 0 amide bonds. The van der Waals surface area contributed by atoms with Crippen molar-refractivity contribution in [2.45, 2.75) is 39.0 Å². The van der Waals surface area contributed by atoms with Crippen molar-refractivity contribution in [2.24, 2.45) is 10.9 Å². The summed E-state index contributed by atoms with van der Waals surface area (Å²) in [7, 11) is 1.19. The molecule has 3 rings (SSSR count). The van der Waals surface area contributed by atoms with E-state index in [1.54, 1.807) is 20.8 Å². The molecule has 9 heteroatoms. The second-order valence-corrected chi connectivity index (χ2v) is 6.90. The van der Waals surface area contributed by atoms with Crippen molar-refractivity contribution in [3.05, 3.63) is 47.3 Å². The summed E-state index contributed by atoms with van der Waals surface area (Å²) in [4.78, 5) is 25.2. The molecule has 0 saturated heterocycles. The SMILES string of the molecule is COC(=O)C1C(C)=Nc2ncnc(OC(C)C)c2C1c1ccccc1C(F)(F)F. The zero-order chi connectivity index (χ0) is 21.3. The summed E-state index contributed by atoms with van der Waals surface area (Å²) in [5.41, 5.74) is -0.396. The standard InChI is InChI=1S/C20H20F3N3O3/c1-10(2)29-18-16-15(12-7-5-6-8-13(12)20(21,22)23)14(19(27)28-4)11(3)26-17(16)24-9-25-18/h5-10,14-15H,1-4H3. The van der Waals surface area contributed by atoms with E-state index in [-0.39, 0.29) is 28.9 Å². The van der Waals surface area contributed by atoms with Crippen LogP contribution in [0.25, 0.3) is 0 Å². The summed E-state index contributed by atoms with van der Waals surface area (Å²) in [5, 5.41) is 0. The number of aromatic nitrogens is 2. The maximum atomic E-state index is 13.8. The number of nitrogens with zero attached hydrogens (tertiary/aromatic N) is 3. The minimum atomic E-state index is -4.62. The number of aliphatic imine (C=N–C) groups is 1. The van der Waals surface area contributed by atoms with E-state index in [4.69, 9.17) is 9.47 Å². The van der Waals surface area contributed by atoms with E-state index in [0.29, 0.717) is 5.71 Å². The lowest BCUT2D eigenvalue weighted by Gasteiger charge is -2.32. The van der Waals surface area contributed by atoms with Gasteiger partial charge < -0.3 is 9.47 Å². The molecule has 1 aliphatic heterocycles. The summed E-state index contributed by atoms with van der Waals surface area (Å²) in [6.07, 6.45) is -3.68. The maximum absolute atomic E-state index is 13.8. The van der Waals surface area contributed by atoms with Crippen LogP contribution in [0.4, 0.5) is 19.0 Å². The number of hydrogen-bond acceptors (Lipinski definition) is 6. The highest BCUT2D eigenvalue weighted by Gasteiger charge is 2.45. The first-order valence-electron chi connectivity index (χ1n) is 8.95. The summed E-state index contributed by atoms with van der Waals surface area (Å²) in [6, 6.07) is 5.12. The summed E-state index contributed by atoms with van der Waals surface area (Å²) in [6.45, 7) is 5.10. The number of halogens is 3. The minimum Gasteiger partial charge on any atom is -0.475 e. The van der Waals surface area contributed by atoms with Gasteiger partial charge in [0, 0.05) is 11.6 Å². The van der Waals surface area contributed by atoms with E-state index < -0.39 is 29.5 Å². The van der Waals surface area contributed by atoms with Gasteiger partial charge >= 0.3 is 12.1 Å². The van der Waals surface area contributed by atoms with Gasteiger partial charge in [-0.1, -0.05) is 18.2 Å². The van der Waals surface area contributed by atoms with Crippen LogP contribution in [0.15, 0.2) is 35.6 Å². The lowest BCUT2D eigenvalue weighted by atomic mass is 9.75. The molecule has 1 aromatic carbocycles. The summed E-state index contributed by atoms with van der Waals surface area (Å²) >= 11 is 0. The van der Waals surface area contributed by atoms with Crippen LogP contribution < -0.4 is 4.74 Å². The van der Waals surface area contributed by atoms with E-state index in [9.17, 15) is 18.0 Å². The van der Waals surface area contributed by atoms with E-state index in [2.05, 4.69) is 15.0 Å². The normalized spacial score (nSPS) is 18.8. The van der Waals surface area contributed by atoms with E-state index in [1.165, 1.54) is 31.6 Å². The monoisotopic (exact) mass is 407 g/mol. The molecule has 0 radical (unpaired) electrons. The van der Waals surface area contributed by atoms with Gasteiger partial charge in [-0.15, -0.1) is 0 Å². The van der Waals surface area contributed by atoms with Crippen molar-refractivity contribution in [1.82, 2.24) is 9.97 Å². The molecule has 0 bridgehead atoms. The molecule has 6 nitrogen and oxygen atoms in total. The Morgan fingerprint density at radius 3 is 2.48 bits per heavy atom. The zero-order valence-corrected chi connectivity index (χ0v) is 16.3. The van der Waals surface area contributed by atoms with Crippen LogP contribution in [0.3, 0.4) is 0 Å². The number of esters is 1. The molecule has 0 fully saturated rings. The molecule has 1 aromatic heterocycles. The van der Waals surface area contributed by atoms with Gasteiger partial charge in [-0.25, -0.2) is 15.0 Å². The summed E-state index contributed by atoms with van der Waals surface area (Å²) in [5.74, 6) is -2.56. The molecule has 154 valence electrons. The van der Waals surface area contributed by atoms with Crippen molar-refractivity contribution in [1.29, 1.82) is 0 Å². The average Bonchev–Trinajstić information content (AvgIpc) is 2.65. The fourth-order valence-electron chi connectivity index (χ4n) is 3.49. The fraction of sp³-hybridized carbons (Fsp3) is 0.400. The first-order valence-corrected chi connectivity index (χ1v) is 8.95. The van der Waals surface area contributed by atoms with Crippen LogP contribution in [0.5, 0.6) is 5.88 Å². The number of carbonyl (C=O) groups is 1. The van der Waals surface area contributed by atoms with Crippen molar-refractivity contribution < 1.29 is 27.4 Å². The number of carbonyl (C=O) groups excluding carboxylic acids is 1. The van der Waals surface area contributed by atoms with Crippen LogP contribution in [0, 0.1) is 5.92 Å². The Kier molecular flexibility index (Phi) is 5.59. The van der Waals surface area contributed by atoms with Crippen molar-refractivity contribution in [3.8, 4) is 5.88 Å². The van der Waals surface area contributed by atoms with Crippen molar-refractivity contribution >= 4 is 17.5 Å². The molecule has 1 aliphatic rings. The third kappa shape index (κ3) is 3.94. The zero-order valence-electron chi connectivity index (χ0n) is 16.3. The quantitative estimate of drug-likeness (QED) is 0.706. The third-order valence-corrected chi connectivity index (χ3v) is 4.61. The molecule has 2 atom stereocenters. The van der Waals surface area contributed by atoms with Crippen molar-refractivity contribution in [2.75, 3.05) is 7.11 Å².